The van der Waals surface area contributed by atoms with E-state index in [1.165, 1.54) is 0 Å². The first-order chi connectivity index (χ1) is 12.6. The predicted octanol–water partition coefficient (Wildman–Crippen LogP) is 2.82. The highest BCUT2D eigenvalue weighted by Crippen LogP contribution is 2.33. The van der Waals surface area contributed by atoms with E-state index in [0.29, 0.717) is 31.1 Å². The molecule has 0 bridgehead atoms. The first kappa shape index (κ1) is 18.4. The number of hydrogen-bond acceptors (Lipinski definition) is 6. The minimum atomic E-state index is -0.427. The molecular formula is C20H25NO5. The molecule has 26 heavy (non-hydrogen) atoms. The van der Waals surface area contributed by atoms with Gasteiger partial charge in [-0.15, -0.1) is 0 Å². The van der Waals surface area contributed by atoms with Crippen molar-refractivity contribution in [3.8, 4) is 23.0 Å². The van der Waals surface area contributed by atoms with Gasteiger partial charge in [-0.3, -0.25) is 4.90 Å². The van der Waals surface area contributed by atoms with Gasteiger partial charge in [0, 0.05) is 19.6 Å². The highest BCUT2D eigenvalue weighted by Gasteiger charge is 2.16. The number of ether oxygens (including phenoxy) is 4. The third-order valence-electron chi connectivity index (χ3n) is 4.22. The zero-order valence-corrected chi connectivity index (χ0v) is 15.4. The number of aliphatic hydroxyl groups is 1. The normalized spacial score (nSPS) is 13.7. The Morgan fingerprint density at radius 2 is 1.62 bits per heavy atom. The van der Waals surface area contributed by atoms with Gasteiger partial charge in [0.05, 0.1) is 20.3 Å². The largest absolute Gasteiger partial charge is 0.493 e. The molecule has 0 spiro atoms. The molecule has 1 atom stereocenters. The average Bonchev–Trinajstić information content (AvgIpc) is 3.08. The van der Waals surface area contributed by atoms with Crippen molar-refractivity contribution < 1.29 is 24.1 Å². The topological polar surface area (TPSA) is 60.4 Å². The molecular weight excluding hydrogens is 334 g/mol. The van der Waals surface area contributed by atoms with E-state index in [1.54, 1.807) is 21.1 Å². The van der Waals surface area contributed by atoms with Crippen LogP contribution in [0.25, 0.3) is 0 Å². The molecule has 2 aromatic rings. The summed E-state index contributed by atoms with van der Waals surface area (Å²) in [4.78, 5) is 2.18. The van der Waals surface area contributed by atoms with Crippen LogP contribution in [-0.4, -0.2) is 43.7 Å². The Labute approximate surface area is 153 Å². The number of fused-ring (bicyclic) bond motifs is 1. The molecule has 140 valence electrons. The summed E-state index contributed by atoms with van der Waals surface area (Å²) in [6, 6.07) is 11.8. The molecule has 3 rings (SSSR count). The minimum Gasteiger partial charge on any atom is -0.493 e. The summed E-state index contributed by atoms with van der Waals surface area (Å²) >= 11 is 0. The number of nitrogens with zero attached hydrogens (tertiary/aromatic N) is 1. The van der Waals surface area contributed by atoms with Crippen LogP contribution in [0.5, 0.6) is 23.0 Å². The van der Waals surface area contributed by atoms with E-state index in [9.17, 15) is 5.11 Å². The maximum Gasteiger partial charge on any atom is 0.231 e. The van der Waals surface area contributed by atoms with Gasteiger partial charge in [-0.1, -0.05) is 12.1 Å². The molecule has 0 saturated carbocycles. The highest BCUT2D eigenvalue weighted by molar-refractivity contribution is 5.45. The second-order valence-corrected chi connectivity index (χ2v) is 6.40. The third-order valence-corrected chi connectivity index (χ3v) is 4.22. The molecule has 0 fully saturated rings. The summed E-state index contributed by atoms with van der Waals surface area (Å²) in [5.41, 5.74) is 2.19. The van der Waals surface area contributed by atoms with E-state index in [2.05, 4.69) is 4.90 Å². The highest BCUT2D eigenvalue weighted by atomic mass is 16.7. The van der Waals surface area contributed by atoms with Gasteiger partial charge in [0.2, 0.25) is 6.79 Å². The fourth-order valence-corrected chi connectivity index (χ4v) is 3.09. The minimum absolute atomic E-state index is 0.266. The van der Waals surface area contributed by atoms with E-state index in [4.69, 9.17) is 18.9 Å². The Kier molecular flexibility index (Phi) is 5.85. The van der Waals surface area contributed by atoms with E-state index in [-0.39, 0.29) is 6.79 Å². The van der Waals surface area contributed by atoms with Crippen LogP contribution in [-0.2, 0) is 13.1 Å². The van der Waals surface area contributed by atoms with E-state index in [1.807, 2.05) is 36.4 Å². The molecule has 1 heterocycles. The maximum absolute atomic E-state index is 9.89. The Hall–Kier alpha value is -2.44. The summed E-state index contributed by atoms with van der Waals surface area (Å²) in [6.07, 6.45) is -0.427. The molecule has 0 radical (unpaired) electrons. The summed E-state index contributed by atoms with van der Waals surface area (Å²) in [5.74, 6) is 2.94. The number of methoxy groups -OCH3 is 2. The van der Waals surface area contributed by atoms with Crippen molar-refractivity contribution in [2.24, 2.45) is 0 Å². The molecule has 1 aliphatic heterocycles. The SMILES string of the molecule is COc1ccc(CN(Cc2ccc3c(c2)OCO3)CC(C)O)cc1OC. The van der Waals surface area contributed by atoms with Crippen LogP contribution in [0, 0.1) is 0 Å². The van der Waals surface area contributed by atoms with Crippen LogP contribution in [0.2, 0.25) is 0 Å². The molecule has 0 saturated heterocycles. The first-order valence-electron chi connectivity index (χ1n) is 8.59. The van der Waals surface area contributed by atoms with Crippen molar-refractivity contribution in [3.63, 3.8) is 0 Å². The maximum atomic E-state index is 9.89. The molecule has 6 nitrogen and oxygen atoms in total. The fourth-order valence-electron chi connectivity index (χ4n) is 3.09. The van der Waals surface area contributed by atoms with Gasteiger partial charge < -0.3 is 24.1 Å². The molecule has 0 aromatic heterocycles. The average molecular weight is 359 g/mol. The summed E-state index contributed by atoms with van der Waals surface area (Å²) in [5, 5.41) is 9.89. The van der Waals surface area contributed by atoms with Crippen molar-refractivity contribution in [3.05, 3.63) is 47.5 Å². The van der Waals surface area contributed by atoms with Crippen molar-refractivity contribution in [2.45, 2.75) is 26.1 Å². The second kappa shape index (κ2) is 8.29. The van der Waals surface area contributed by atoms with Gasteiger partial charge >= 0.3 is 0 Å². The van der Waals surface area contributed by atoms with E-state index < -0.39 is 6.10 Å². The molecule has 1 N–H and O–H groups in total. The third kappa shape index (κ3) is 4.39. The first-order valence-corrected chi connectivity index (χ1v) is 8.59. The van der Waals surface area contributed by atoms with Crippen LogP contribution in [0.3, 0.4) is 0 Å². The van der Waals surface area contributed by atoms with E-state index >= 15 is 0 Å². The lowest BCUT2D eigenvalue weighted by Crippen LogP contribution is -2.30. The molecule has 0 amide bonds. The van der Waals surface area contributed by atoms with Gasteiger partial charge in [-0.25, -0.2) is 0 Å². The smallest absolute Gasteiger partial charge is 0.231 e. The van der Waals surface area contributed by atoms with Crippen LogP contribution in [0.1, 0.15) is 18.1 Å². The van der Waals surface area contributed by atoms with Crippen molar-refractivity contribution in [1.29, 1.82) is 0 Å². The standard InChI is InChI=1S/C20H25NO5/c1-14(22)10-21(11-15-4-6-17(23-2)19(8-15)24-3)12-16-5-7-18-20(9-16)26-13-25-18/h4-9,14,22H,10-13H2,1-3H3. The molecule has 6 heteroatoms. The van der Waals surface area contributed by atoms with E-state index in [0.717, 1.165) is 22.6 Å². The van der Waals surface area contributed by atoms with Crippen molar-refractivity contribution in [2.75, 3.05) is 27.6 Å². The molecule has 0 aliphatic carbocycles. The molecule has 2 aromatic carbocycles. The summed E-state index contributed by atoms with van der Waals surface area (Å²) in [7, 11) is 3.25. The Bertz CT molecular complexity index is 747. The predicted molar refractivity (Wildman–Crippen MR) is 97.9 cm³/mol. The van der Waals surface area contributed by atoms with Gasteiger partial charge in [0.1, 0.15) is 0 Å². The molecule has 1 aliphatic rings. The lowest BCUT2D eigenvalue weighted by molar-refractivity contribution is 0.118. The number of rotatable bonds is 8. The lowest BCUT2D eigenvalue weighted by Gasteiger charge is -2.24. The molecule has 1 unspecified atom stereocenters. The number of aliphatic hydroxyl groups excluding tert-OH is 1. The Balaban J connectivity index is 1.76. The van der Waals surface area contributed by atoms with Gasteiger partial charge in [0.15, 0.2) is 23.0 Å². The zero-order chi connectivity index (χ0) is 18.5. The lowest BCUT2D eigenvalue weighted by atomic mass is 10.1. The zero-order valence-electron chi connectivity index (χ0n) is 15.4. The van der Waals surface area contributed by atoms with Crippen molar-refractivity contribution >= 4 is 0 Å². The Morgan fingerprint density at radius 3 is 2.31 bits per heavy atom. The quantitative estimate of drug-likeness (QED) is 0.782. The van der Waals surface area contributed by atoms with Gasteiger partial charge in [0.25, 0.3) is 0 Å². The summed E-state index contributed by atoms with van der Waals surface area (Å²) < 4.78 is 21.5. The van der Waals surface area contributed by atoms with Crippen LogP contribution >= 0.6 is 0 Å². The van der Waals surface area contributed by atoms with Gasteiger partial charge in [-0.05, 0) is 42.3 Å². The van der Waals surface area contributed by atoms with Crippen molar-refractivity contribution in [1.82, 2.24) is 4.90 Å². The number of benzene rings is 2. The second-order valence-electron chi connectivity index (χ2n) is 6.40. The van der Waals surface area contributed by atoms with Crippen LogP contribution < -0.4 is 18.9 Å². The summed E-state index contributed by atoms with van der Waals surface area (Å²) in [6.45, 7) is 3.99. The van der Waals surface area contributed by atoms with Gasteiger partial charge in [-0.2, -0.15) is 0 Å². The van der Waals surface area contributed by atoms with Crippen LogP contribution in [0.4, 0.5) is 0 Å². The number of hydrogen-bond donors (Lipinski definition) is 1. The monoisotopic (exact) mass is 359 g/mol. The van der Waals surface area contributed by atoms with Crippen LogP contribution in [0.15, 0.2) is 36.4 Å². The fraction of sp³-hybridized carbons (Fsp3) is 0.400. The Morgan fingerprint density at radius 1 is 0.962 bits per heavy atom.